The number of phenols is 1. The molecule has 5 heteroatoms. The summed E-state index contributed by atoms with van der Waals surface area (Å²) in [4.78, 5) is 16.2. The summed E-state index contributed by atoms with van der Waals surface area (Å²) in [7, 11) is 0. The van der Waals surface area contributed by atoms with Crippen LogP contribution in [0.3, 0.4) is 0 Å². The highest BCUT2D eigenvalue weighted by Gasteiger charge is 2.09. The number of nitrogens with zero attached hydrogens (tertiary/aromatic N) is 1. The summed E-state index contributed by atoms with van der Waals surface area (Å²) in [6.07, 6.45) is 0. The number of benzene rings is 2. The molecule has 0 saturated carbocycles. The Morgan fingerprint density at radius 1 is 1.16 bits per heavy atom. The topological polar surface area (TPSA) is 63.3 Å². The van der Waals surface area contributed by atoms with E-state index in [4.69, 9.17) is 4.42 Å². The maximum atomic E-state index is 11.9. The maximum Gasteiger partial charge on any atom is 0.347 e. The first-order valence-electron chi connectivity index (χ1n) is 5.53. The van der Waals surface area contributed by atoms with Gasteiger partial charge in [-0.25, -0.2) is 9.78 Å². The number of rotatable bonds is 1. The Hall–Kier alpha value is -2.14. The van der Waals surface area contributed by atoms with E-state index in [9.17, 15) is 9.90 Å². The molecule has 0 radical (unpaired) electrons. The number of halogens is 1. The van der Waals surface area contributed by atoms with Gasteiger partial charge in [0, 0.05) is 10.0 Å². The van der Waals surface area contributed by atoms with Crippen LogP contribution in [0.1, 0.15) is 0 Å². The number of phenolic OH excluding ortho intramolecular Hbond substituents is 1. The van der Waals surface area contributed by atoms with Crippen LogP contribution in [0, 0.1) is 0 Å². The first-order chi connectivity index (χ1) is 9.13. The minimum Gasteiger partial charge on any atom is -0.508 e. The lowest BCUT2D eigenvalue weighted by Gasteiger charge is -2.02. The van der Waals surface area contributed by atoms with Gasteiger partial charge in [0.15, 0.2) is 0 Å². The van der Waals surface area contributed by atoms with Crippen molar-refractivity contribution in [1.29, 1.82) is 0 Å². The van der Waals surface area contributed by atoms with Gasteiger partial charge in [0.05, 0.1) is 10.9 Å². The van der Waals surface area contributed by atoms with E-state index in [1.54, 1.807) is 6.07 Å². The SMILES string of the molecule is O=c1oc(-c2cccc(Br)c2)nc2ccc(O)cc12. The molecule has 3 rings (SSSR count). The lowest BCUT2D eigenvalue weighted by atomic mass is 10.2. The molecule has 0 aliphatic heterocycles. The van der Waals surface area contributed by atoms with E-state index in [0.717, 1.165) is 4.47 Å². The van der Waals surface area contributed by atoms with Crippen LogP contribution in [-0.2, 0) is 0 Å². The van der Waals surface area contributed by atoms with Crippen molar-refractivity contribution in [1.82, 2.24) is 4.98 Å². The van der Waals surface area contributed by atoms with Gasteiger partial charge in [0.2, 0.25) is 5.89 Å². The Morgan fingerprint density at radius 3 is 2.79 bits per heavy atom. The zero-order chi connectivity index (χ0) is 13.4. The van der Waals surface area contributed by atoms with Gasteiger partial charge < -0.3 is 9.52 Å². The molecule has 94 valence electrons. The number of fused-ring (bicyclic) bond motifs is 1. The standard InChI is InChI=1S/C14H8BrNO3/c15-9-3-1-2-8(6-9)13-16-12-5-4-10(17)7-11(12)14(18)19-13/h1-7,17H. The molecule has 2 aromatic carbocycles. The number of aromatic nitrogens is 1. The zero-order valence-electron chi connectivity index (χ0n) is 9.63. The molecule has 0 aliphatic carbocycles. The van der Waals surface area contributed by atoms with E-state index in [2.05, 4.69) is 20.9 Å². The summed E-state index contributed by atoms with van der Waals surface area (Å²) in [5.41, 5.74) is 0.682. The van der Waals surface area contributed by atoms with Gasteiger partial charge in [-0.3, -0.25) is 0 Å². The highest BCUT2D eigenvalue weighted by molar-refractivity contribution is 9.10. The van der Waals surface area contributed by atoms with E-state index < -0.39 is 5.63 Å². The van der Waals surface area contributed by atoms with Crippen molar-refractivity contribution in [2.75, 3.05) is 0 Å². The van der Waals surface area contributed by atoms with Crippen LogP contribution < -0.4 is 5.63 Å². The monoisotopic (exact) mass is 317 g/mol. The van der Waals surface area contributed by atoms with Crippen molar-refractivity contribution >= 4 is 26.8 Å². The van der Waals surface area contributed by atoms with Crippen LogP contribution >= 0.6 is 15.9 Å². The third-order valence-corrected chi connectivity index (χ3v) is 3.18. The van der Waals surface area contributed by atoms with E-state index in [0.29, 0.717) is 11.1 Å². The number of hydrogen-bond donors (Lipinski definition) is 1. The molecule has 0 fully saturated rings. The fraction of sp³-hybridized carbons (Fsp3) is 0. The van der Waals surface area contributed by atoms with Crippen molar-refractivity contribution < 1.29 is 9.52 Å². The average molecular weight is 318 g/mol. The maximum absolute atomic E-state index is 11.9. The van der Waals surface area contributed by atoms with Gasteiger partial charge in [-0.05, 0) is 36.4 Å². The highest BCUT2D eigenvalue weighted by atomic mass is 79.9. The minimum absolute atomic E-state index is 0.0109. The molecular weight excluding hydrogens is 310 g/mol. The number of aromatic hydroxyl groups is 1. The Morgan fingerprint density at radius 2 is 2.00 bits per heavy atom. The molecule has 0 saturated heterocycles. The smallest absolute Gasteiger partial charge is 0.347 e. The fourth-order valence-electron chi connectivity index (χ4n) is 1.81. The van der Waals surface area contributed by atoms with E-state index in [1.807, 2.05) is 24.3 Å². The molecule has 4 nitrogen and oxygen atoms in total. The van der Waals surface area contributed by atoms with Crippen LogP contribution in [-0.4, -0.2) is 10.1 Å². The number of hydrogen-bond acceptors (Lipinski definition) is 4. The predicted molar refractivity (Wildman–Crippen MR) is 75.1 cm³/mol. The van der Waals surface area contributed by atoms with Crippen LogP contribution in [0.2, 0.25) is 0 Å². The van der Waals surface area contributed by atoms with E-state index in [1.165, 1.54) is 12.1 Å². The highest BCUT2D eigenvalue weighted by Crippen LogP contribution is 2.23. The lowest BCUT2D eigenvalue weighted by Crippen LogP contribution is -2.02. The largest absolute Gasteiger partial charge is 0.508 e. The second-order valence-electron chi connectivity index (χ2n) is 4.02. The van der Waals surface area contributed by atoms with Crippen molar-refractivity contribution in [3.05, 3.63) is 57.4 Å². The van der Waals surface area contributed by atoms with Crippen LogP contribution in [0.25, 0.3) is 22.4 Å². The first-order valence-corrected chi connectivity index (χ1v) is 6.32. The summed E-state index contributed by atoms with van der Waals surface area (Å²) in [5, 5.41) is 9.63. The minimum atomic E-state index is -0.518. The van der Waals surface area contributed by atoms with E-state index >= 15 is 0 Å². The third-order valence-electron chi connectivity index (χ3n) is 2.68. The van der Waals surface area contributed by atoms with Crippen molar-refractivity contribution in [3.8, 4) is 17.2 Å². The molecule has 19 heavy (non-hydrogen) atoms. The molecule has 0 unspecified atom stereocenters. The molecule has 0 atom stereocenters. The third kappa shape index (κ3) is 2.24. The molecule has 1 aromatic heterocycles. The Kier molecular flexibility index (Phi) is 2.83. The molecule has 0 bridgehead atoms. The molecule has 0 spiro atoms. The quantitative estimate of drug-likeness (QED) is 0.747. The summed E-state index contributed by atoms with van der Waals surface area (Å²) < 4.78 is 6.06. The molecule has 3 aromatic rings. The average Bonchev–Trinajstić information content (AvgIpc) is 2.39. The van der Waals surface area contributed by atoms with Crippen LogP contribution in [0.5, 0.6) is 5.75 Å². The van der Waals surface area contributed by atoms with Crippen molar-refractivity contribution in [3.63, 3.8) is 0 Å². The zero-order valence-corrected chi connectivity index (χ0v) is 11.2. The van der Waals surface area contributed by atoms with Crippen LogP contribution in [0.15, 0.2) is 56.1 Å². The summed E-state index contributed by atoms with van der Waals surface area (Å²) in [6, 6.07) is 11.8. The summed E-state index contributed by atoms with van der Waals surface area (Å²) in [6.45, 7) is 0. The molecule has 0 aliphatic rings. The van der Waals surface area contributed by atoms with Gasteiger partial charge >= 0.3 is 5.63 Å². The normalized spacial score (nSPS) is 10.8. The van der Waals surface area contributed by atoms with Gasteiger partial charge in [0.1, 0.15) is 5.75 Å². The molecule has 1 N–H and O–H groups in total. The fourth-order valence-corrected chi connectivity index (χ4v) is 2.20. The van der Waals surface area contributed by atoms with Gasteiger partial charge in [-0.1, -0.05) is 22.0 Å². The van der Waals surface area contributed by atoms with Crippen LogP contribution in [0.4, 0.5) is 0 Å². The second kappa shape index (κ2) is 4.51. The van der Waals surface area contributed by atoms with E-state index in [-0.39, 0.29) is 17.0 Å². The summed E-state index contributed by atoms with van der Waals surface area (Å²) in [5.74, 6) is 0.265. The van der Waals surface area contributed by atoms with Gasteiger partial charge in [-0.2, -0.15) is 0 Å². The van der Waals surface area contributed by atoms with Gasteiger partial charge in [0.25, 0.3) is 0 Å². The molecular formula is C14H8BrNO3. The van der Waals surface area contributed by atoms with Crippen molar-refractivity contribution in [2.24, 2.45) is 0 Å². The Balaban J connectivity index is 2.27. The molecule has 0 amide bonds. The first kappa shape index (κ1) is 11.9. The Labute approximate surface area is 116 Å². The van der Waals surface area contributed by atoms with Gasteiger partial charge in [-0.15, -0.1) is 0 Å². The Bertz CT molecular complexity index is 826. The second-order valence-corrected chi connectivity index (χ2v) is 4.93. The lowest BCUT2D eigenvalue weighted by molar-refractivity contribution is 0.474. The summed E-state index contributed by atoms with van der Waals surface area (Å²) >= 11 is 3.36. The van der Waals surface area contributed by atoms with Crippen molar-refractivity contribution in [2.45, 2.75) is 0 Å². The molecule has 1 heterocycles. The predicted octanol–water partition coefficient (Wildman–Crippen LogP) is 3.32.